The first-order valence-electron chi connectivity index (χ1n) is 6.57. The smallest absolute Gasteiger partial charge is 0.255 e. The molecule has 0 bridgehead atoms. The van der Waals surface area contributed by atoms with E-state index in [1.165, 1.54) is 12.8 Å². The average Bonchev–Trinajstić information content (AvgIpc) is 2.28. The SMILES string of the molecule is CCCCCC(C)NC(=O)c1cnc(C)cc1N. The normalized spacial score (nSPS) is 12.2. The molecule has 0 aliphatic heterocycles. The van der Waals surface area contributed by atoms with Crippen molar-refractivity contribution in [2.24, 2.45) is 0 Å². The summed E-state index contributed by atoms with van der Waals surface area (Å²) < 4.78 is 0. The van der Waals surface area contributed by atoms with Gasteiger partial charge in [0.05, 0.1) is 5.56 Å². The quantitative estimate of drug-likeness (QED) is 0.762. The highest BCUT2D eigenvalue weighted by molar-refractivity contribution is 5.98. The highest BCUT2D eigenvalue weighted by Gasteiger charge is 2.12. The summed E-state index contributed by atoms with van der Waals surface area (Å²) in [7, 11) is 0. The van der Waals surface area contributed by atoms with E-state index in [0.29, 0.717) is 11.3 Å². The molecular weight excluding hydrogens is 226 g/mol. The monoisotopic (exact) mass is 249 g/mol. The second kappa shape index (κ2) is 6.99. The van der Waals surface area contributed by atoms with Crippen LogP contribution in [0.3, 0.4) is 0 Å². The van der Waals surface area contributed by atoms with E-state index in [9.17, 15) is 4.79 Å². The van der Waals surface area contributed by atoms with E-state index in [1.54, 1.807) is 12.3 Å². The van der Waals surface area contributed by atoms with Crippen LogP contribution in [0.4, 0.5) is 5.69 Å². The molecule has 1 heterocycles. The summed E-state index contributed by atoms with van der Waals surface area (Å²) in [6.45, 7) is 6.04. The van der Waals surface area contributed by atoms with Crippen molar-refractivity contribution in [1.29, 1.82) is 0 Å². The number of carbonyl (C=O) groups excluding carboxylic acids is 1. The molecule has 0 aliphatic rings. The van der Waals surface area contributed by atoms with Gasteiger partial charge >= 0.3 is 0 Å². The molecule has 1 aromatic rings. The Morgan fingerprint density at radius 1 is 1.50 bits per heavy atom. The minimum absolute atomic E-state index is 0.135. The van der Waals surface area contributed by atoms with Gasteiger partial charge in [-0.15, -0.1) is 0 Å². The number of nitrogens with zero attached hydrogens (tertiary/aromatic N) is 1. The number of nitrogens with one attached hydrogen (secondary N) is 1. The zero-order chi connectivity index (χ0) is 13.5. The highest BCUT2D eigenvalue weighted by Crippen LogP contribution is 2.12. The average molecular weight is 249 g/mol. The van der Waals surface area contributed by atoms with E-state index in [1.807, 2.05) is 13.8 Å². The number of unbranched alkanes of at least 4 members (excludes halogenated alkanes) is 2. The first kappa shape index (κ1) is 14.5. The molecular formula is C14H23N3O. The van der Waals surface area contributed by atoms with Crippen LogP contribution in [0.1, 0.15) is 55.6 Å². The topological polar surface area (TPSA) is 68.0 Å². The van der Waals surface area contributed by atoms with Gasteiger partial charge in [-0.05, 0) is 26.3 Å². The fourth-order valence-electron chi connectivity index (χ4n) is 1.84. The Morgan fingerprint density at radius 3 is 2.83 bits per heavy atom. The predicted octanol–water partition coefficient (Wildman–Crippen LogP) is 2.67. The molecule has 18 heavy (non-hydrogen) atoms. The lowest BCUT2D eigenvalue weighted by atomic mass is 10.1. The molecule has 1 amide bonds. The van der Waals surface area contributed by atoms with E-state index >= 15 is 0 Å². The Hall–Kier alpha value is -1.58. The zero-order valence-electron chi connectivity index (χ0n) is 11.5. The maximum absolute atomic E-state index is 12.0. The molecule has 1 rings (SSSR count). The third-order valence-corrected chi connectivity index (χ3v) is 2.94. The second-order valence-electron chi connectivity index (χ2n) is 4.78. The lowest BCUT2D eigenvalue weighted by molar-refractivity contribution is 0.0938. The number of rotatable bonds is 6. The molecule has 0 saturated carbocycles. The van der Waals surface area contributed by atoms with Crippen LogP contribution in [0.15, 0.2) is 12.3 Å². The largest absolute Gasteiger partial charge is 0.398 e. The minimum atomic E-state index is -0.135. The van der Waals surface area contributed by atoms with Crippen molar-refractivity contribution in [3.63, 3.8) is 0 Å². The standard InChI is InChI=1S/C14H23N3O/c1-4-5-6-7-10(2)17-14(18)12-9-16-11(3)8-13(12)15/h8-10H,4-7H2,1-3H3,(H2,15,16)(H,17,18). The molecule has 0 radical (unpaired) electrons. The maximum Gasteiger partial charge on any atom is 0.255 e. The molecule has 3 N–H and O–H groups in total. The van der Waals surface area contributed by atoms with E-state index in [-0.39, 0.29) is 11.9 Å². The predicted molar refractivity (Wildman–Crippen MR) is 74.5 cm³/mol. The van der Waals surface area contributed by atoms with E-state index in [2.05, 4.69) is 17.2 Å². The van der Waals surface area contributed by atoms with Gasteiger partial charge in [0.15, 0.2) is 0 Å². The number of carbonyl (C=O) groups is 1. The van der Waals surface area contributed by atoms with Crippen LogP contribution in [-0.4, -0.2) is 16.9 Å². The van der Waals surface area contributed by atoms with Crippen LogP contribution in [0.2, 0.25) is 0 Å². The number of nitrogens with two attached hydrogens (primary N) is 1. The van der Waals surface area contributed by atoms with Crippen LogP contribution < -0.4 is 11.1 Å². The van der Waals surface area contributed by atoms with Gasteiger partial charge in [0, 0.05) is 23.6 Å². The fourth-order valence-corrected chi connectivity index (χ4v) is 1.84. The number of aryl methyl sites for hydroxylation is 1. The molecule has 1 aromatic heterocycles. The summed E-state index contributed by atoms with van der Waals surface area (Å²) in [5, 5.41) is 2.96. The van der Waals surface area contributed by atoms with Gasteiger partial charge in [0.25, 0.3) is 5.91 Å². The number of hydrogen-bond donors (Lipinski definition) is 2. The van der Waals surface area contributed by atoms with Crippen molar-refractivity contribution in [2.45, 2.75) is 52.5 Å². The Labute approximate surface area is 109 Å². The lowest BCUT2D eigenvalue weighted by Gasteiger charge is -2.14. The first-order valence-corrected chi connectivity index (χ1v) is 6.57. The Kier molecular flexibility index (Phi) is 5.62. The summed E-state index contributed by atoms with van der Waals surface area (Å²) in [6, 6.07) is 1.89. The van der Waals surface area contributed by atoms with Crippen molar-refractivity contribution in [2.75, 3.05) is 5.73 Å². The van der Waals surface area contributed by atoms with Gasteiger partial charge in [-0.3, -0.25) is 9.78 Å². The van der Waals surface area contributed by atoms with Gasteiger partial charge in [-0.2, -0.15) is 0 Å². The number of amides is 1. The molecule has 0 saturated heterocycles. The lowest BCUT2D eigenvalue weighted by Crippen LogP contribution is -2.33. The molecule has 0 fully saturated rings. The molecule has 1 unspecified atom stereocenters. The van der Waals surface area contributed by atoms with Crippen molar-refractivity contribution in [1.82, 2.24) is 10.3 Å². The third-order valence-electron chi connectivity index (χ3n) is 2.94. The van der Waals surface area contributed by atoms with Gasteiger partial charge < -0.3 is 11.1 Å². The van der Waals surface area contributed by atoms with E-state index in [0.717, 1.165) is 18.5 Å². The zero-order valence-corrected chi connectivity index (χ0v) is 11.5. The molecule has 4 nitrogen and oxygen atoms in total. The second-order valence-corrected chi connectivity index (χ2v) is 4.78. The Bertz CT molecular complexity index is 404. The Morgan fingerprint density at radius 2 is 2.22 bits per heavy atom. The number of anilines is 1. The third kappa shape index (κ3) is 4.35. The number of hydrogen-bond acceptors (Lipinski definition) is 3. The van der Waals surface area contributed by atoms with Gasteiger partial charge in [0.1, 0.15) is 0 Å². The van der Waals surface area contributed by atoms with Crippen LogP contribution in [0.5, 0.6) is 0 Å². The van der Waals surface area contributed by atoms with Crippen LogP contribution in [0, 0.1) is 6.92 Å². The summed E-state index contributed by atoms with van der Waals surface area (Å²) in [4.78, 5) is 16.1. The molecule has 1 atom stereocenters. The van der Waals surface area contributed by atoms with Crippen molar-refractivity contribution in [3.8, 4) is 0 Å². The van der Waals surface area contributed by atoms with Crippen LogP contribution in [0.25, 0.3) is 0 Å². The van der Waals surface area contributed by atoms with Crippen LogP contribution >= 0.6 is 0 Å². The fraction of sp³-hybridized carbons (Fsp3) is 0.571. The minimum Gasteiger partial charge on any atom is -0.398 e. The van der Waals surface area contributed by atoms with E-state index in [4.69, 9.17) is 5.73 Å². The highest BCUT2D eigenvalue weighted by atomic mass is 16.1. The summed E-state index contributed by atoms with van der Waals surface area (Å²) in [5.41, 5.74) is 7.59. The van der Waals surface area contributed by atoms with E-state index < -0.39 is 0 Å². The summed E-state index contributed by atoms with van der Waals surface area (Å²) in [6.07, 6.45) is 6.07. The Balaban J connectivity index is 2.54. The van der Waals surface area contributed by atoms with Gasteiger partial charge in [-0.1, -0.05) is 26.2 Å². The van der Waals surface area contributed by atoms with Gasteiger partial charge in [0.2, 0.25) is 0 Å². The number of pyridine rings is 1. The van der Waals surface area contributed by atoms with Crippen molar-refractivity contribution < 1.29 is 4.79 Å². The van der Waals surface area contributed by atoms with Crippen molar-refractivity contribution >= 4 is 11.6 Å². The summed E-state index contributed by atoms with van der Waals surface area (Å²) >= 11 is 0. The molecule has 0 aromatic carbocycles. The number of aromatic nitrogens is 1. The first-order chi connectivity index (χ1) is 8.54. The summed E-state index contributed by atoms with van der Waals surface area (Å²) in [5.74, 6) is -0.135. The van der Waals surface area contributed by atoms with Crippen molar-refractivity contribution in [3.05, 3.63) is 23.5 Å². The number of nitrogen functional groups attached to an aromatic ring is 1. The van der Waals surface area contributed by atoms with Gasteiger partial charge in [-0.25, -0.2) is 0 Å². The van der Waals surface area contributed by atoms with Crippen LogP contribution in [-0.2, 0) is 0 Å². The molecule has 100 valence electrons. The molecule has 0 spiro atoms. The maximum atomic E-state index is 12.0. The molecule has 0 aliphatic carbocycles. The molecule has 4 heteroatoms.